The summed E-state index contributed by atoms with van der Waals surface area (Å²) in [7, 11) is 0. The highest BCUT2D eigenvalue weighted by atomic mass is 16.3. The number of hydrogen-bond donors (Lipinski definition) is 2. The van der Waals surface area contributed by atoms with E-state index in [2.05, 4.69) is 5.32 Å². The molecule has 0 unspecified atom stereocenters. The Balaban J connectivity index is 1.73. The highest BCUT2D eigenvalue weighted by molar-refractivity contribution is 6.05. The third-order valence-electron chi connectivity index (χ3n) is 4.17. The van der Waals surface area contributed by atoms with Gasteiger partial charge in [0.05, 0.1) is 5.69 Å². The van der Waals surface area contributed by atoms with Gasteiger partial charge in [0.2, 0.25) is 5.91 Å². The molecular weight excluding hydrogens is 304 g/mol. The van der Waals surface area contributed by atoms with E-state index < -0.39 is 0 Å². The number of piperidine rings is 1. The Hall–Kier alpha value is -2.82. The van der Waals surface area contributed by atoms with Gasteiger partial charge in [0.15, 0.2) is 0 Å². The second-order valence-electron chi connectivity index (χ2n) is 6.02. The van der Waals surface area contributed by atoms with E-state index in [1.54, 1.807) is 41.3 Å². The molecule has 0 saturated carbocycles. The Morgan fingerprint density at radius 3 is 2.54 bits per heavy atom. The first-order valence-corrected chi connectivity index (χ1v) is 8.06. The number of benzene rings is 2. The van der Waals surface area contributed by atoms with Crippen molar-refractivity contribution >= 4 is 23.2 Å². The first-order chi connectivity index (χ1) is 11.5. The smallest absolute Gasteiger partial charge is 0.255 e. The maximum atomic E-state index is 12.3. The lowest BCUT2D eigenvalue weighted by Gasteiger charge is -2.26. The summed E-state index contributed by atoms with van der Waals surface area (Å²) in [4.78, 5) is 26.0. The van der Waals surface area contributed by atoms with Gasteiger partial charge in [-0.05, 0) is 61.7 Å². The summed E-state index contributed by atoms with van der Waals surface area (Å²) in [6.07, 6.45) is 2.52. The number of amides is 2. The standard InChI is InChI=1S/C19H20N2O3/c1-13-5-10-16(17(22)12-13)20-19(24)14-6-8-15(9-7-14)21-11-3-2-4-18(21)23/h5-10,12,22H,2-4,11H2,1H3,(H,20,24). The van der Waals surface area contributed by atoms with Gasteiger partial charge in [0.25, 0.3) is 5.91 Å². The lowest BCUT2D eigenvalue weighted by molar-refractivity contribution is -0.119. The average molecular weight is 324 g/mol. The van der Waals surface area contributed by atoms with Crippen LogP contribution in [0.2, 0.25) is 0 Å². The molecule has 5 nitrogen and oxygen atoms in total. The first-order valence-electron chi connectivity index (χ1n) is 8.06. The predicted molar refractivity (Wildman–Crippen MR) is 93.4 cm³/mol. The largest absolute Gasteiger partial charge is 0.506 e. The number of nitrogens with zero attached hydrogens (tertiary/aromatic N) is 1. The van der Waals surface area contributed by atoms with Gasteiger partial charge < -0.3 is 15.3 Å². The van der Waals surface area contributed by atoms with E-state index in [9.17, 15) is 14.7 Å². The summed E-state index contributed by atoms with van der Waals surface area (Å²) in [5, 5.41) is 12.6. The molecule has 2 amide bonds. The third kappa shape index (κ3) is 3.40. The Kier molecular flexibility index (Phi) is 4.51. The van der Waals surface area contributed by atoms with Crippen molar-refractivity contribution in [1.82, 2.24) is 0 Å². The highest BCUT2D eigenvalue weighted by Crippen LogP contribution is 2.25. The van der Waals surface area contributed by atoms with E-state index in [1.165, 1.54) is 0 Å². The Morgan fingerprint density at radius 2 is 1.88 bits per heavy atom. The molecule has 2 aromatic rings. The molecule has 0 aromatic heterocycles. The van der Waals surface area contributed by atoms with Gasteiger partial charge in [-0.25, -0.2) is 0 Å². The van der Waals surface area contributed by atoms with Gasteiger partial charge in [-0.3, -0.25) is 9.59 Å². The predicted octanol–water partition coefficient (Wildman–Crippen LogP) is 3.47. The van der Waals surface area contributed by atoms with Crippen LogP contribution in [0.15, 0.2) is 42.5 Å². The van der Waals surface area contributed by atoms with Gasteiger partial charge >= 0.3 is 0 Å². The minimum Gasteiger partial charge on any atom is -0.506 e. The van der Waals surface area contributed by atoms with Crippen LogP contribution in [0.4, 0.5) is 11.4 Å². The highest BCUT2D eigenvalue weighted by Gasteiger charge is 2.19. The van der Waals surface area contributed by atoms with Crippen molar-refractivity contribution in [1.29, 1.82) is 0 Å². The number of aromatic hydroxyl groups is 1. The van der Waals surface area contributed by atoms with Crippen LogP contribution < -0.4 is 10.2 Å². The molecule has 2 aromatic carbocycles. The first kappa shape index (κ1) is 16.1. The number of phenols is 1. The van der Waals surface area contributed by atoms with Crippen LogP contribution in [0.1, 0.15) is 35.2 Å². The number of rotatable bonds is 3. The molecule has 1 heterocycles. The van der Waals surface area contributed by atoms with Gasteiger partial charge in [0, 0.05) is 24.2 Å². The number of phenolic OH excluding ortho intramolecular Hbond substituents is 1. The summed E-state index contributed by atoms with van der Waals surface area (Å²) in [6, 6.07) is 12.0. The number of anilines is 2. The summed E-state index contributed by atoms with van der Waals surface area (Å²) >= 11 is 0. The average Bonchev–Trinajstić information content (AvgIpc) is 2.58. The van der Waals surface area contributed by atoms with E-state index in [-0.39, 0.29) is 17.6 Å². The molecule has 24 heavy (non-hydrogen) atoms. The van der Waals surface area contributed by atoms with Crippen LogP contribution in [-0.2, 0) is 4.79 Å². The van der Waals surface area contributed by atoms with Crippen LogP contribution in [-0.4, -0.2) is 23.5 Å². The van der Waals surface area contributed by atoms with Gasteiger partial charge in [0.1, 0.15) is 5.75 Å². The molecule has 1 aliphatic heterocycles. The van der Waals surface area contributed by atoms with Crippen molar-refractivity contribution in [2.24, 2.45) is 0 Å². The number of aryl methyl sites for hydroxylation is 1. The van der Waals surface area contributed by atoms with E-state index >= 15 is 0 Å². The minimum atomic E-state index is -0.300. The van der Waals surface area contributed by atoms with Crippen LogP contribution in [0.5, 0.6) is 5.75 Å². The molecule has 3 rings (SSSR count). The van der Waals surface area contributed by atoms with Crippen molar-refractivity contribution in [3.05, 3.63) is 53.6 Å². The fourth-order valence-corrected chi connectivity index (χ4v) is 2.81. The Morgan fingerprint density at radius 1 is 1.12 bits per heavy atom. The molecule has 0 bridgehead atoms. The fraction of sp³-hybridized carbons (Fsp3) is 0.263. The van der Waals surface area contributed by atoms with Gasteiger partial charge in [-0.1, -0.05) is 6.07 Å². The molecule has 0 atom stereocenters. The molecule has 1 saturated heterocycles. The van der Waals surface area contributed by atoms with E-state index in [0.717, 1.165) is 30.6 Å². The second kappa shape index (κ2) is 6.74. The van der Waals surface area contributed by atoms with Crippen LogP contribution >= 0.6 is 0 Å². The SMILES string of the molecule is Cc1ccc(NC(=O)c2ccc(N3CCCCC3=O)cc2)c(O)c1. The minimum absolute atomic E-state index is 0.0406. The topological polar surface area (TPSA) is 69.6 Å². The molecule has 1 fully saturated rings. The normalized spacial score (nSPS) is 14.5. The lowest BCUT2D eigenvalue weighted by atomic mass is 10.1. The van der Waals surface area contributed by atoms with Crippen molar-refractivity contribution < 1.29 is 14.7 Å². The van der Waals surface area contributed by atoms with Crippen LogP contribution in [0.25, 0.3) is 0 Å². The van der Waals surface area contributed by atoms with Crippen LogP contribution in [0.3, 0.4) is 0 Å². The zero-order chi connectivity index (χ0) is 17.1. The molecule has 124 valence electrons. The van der Waals surface area contributed by atoms with Crippen molar-refractivity contribution in [3.8, 4) is 5.75 Å². The third-order valence-corrected chi connectivity index (χ3v) is 4.17. The zero-order valence-corrected chi connectivity index (χ0v) is 13.6. The zero-order valence-electron chi connectivity index (χ0n) is 13.6. The summed E-state index contributed by atoms with van der Waals surface area (Å²) in [5.41, 5.74) is 2.58. The maximum Gasteiger partial charge on any atom is 0.255 e. The molecule has 2 N–H and O–H groups in total. The van der Waals surface area contributed by atoms with Crippen LogP contribution in [0, 0.1) is 6.92 Å². The van der Waals surface area contributed by atoms with E-state index in [4.69, 9.17) is 0 Å². The van der Waals surface area contributed by atoms with Gasteiger partial charge in [-0.15, -0.1) is 0 Å². The number of nitrogens with one attached hydrogen (secondary N) is 1. The monoisotopic (exact) mass is 324 g/mol. The summed E-state index contributed by atoms with van der Waals surface area (Å²) in [6.45, 7) is 2.59. The summed E-state index contributed by atoms with van der Waals surface area (Å²) in [5.74, 6) is -0.132. The molecule has 5 heteroatoms. The Bertz CT molecular complexity index is 769. The van der Waals surface area contributed by atoms with Crippen molar-refractivity contribution in [2.75, 3.05) is 16.8 Å². The number of carbonyl (C=O) groups is 2. The van der Waals surface area contributed by atoms with Crippen molar-refractivity contribution in [3.63, 3.8) is 0 Å². The van der Waals surface area contributed by atoms with Gasteiger partial charge in [-0.2, -0.15) is 0 Å². The molecule has 1 aliphatic rings. The van der Waals surface area contributed by atoms with Crippen molar-refractivity contribution in [2.45, 2.75) is 26.2 Å². The maximum absolute atomic E-state index is 12.3. The molecular formula is C19H20N2O3. The Labute approximate surface area is 140 Å². The molecule has 0 spiro atoms. The second-order valence-corrected chi connectivity index (χ2v) is 6.02. The molecule has 0 aliphatic carbocycles. The lowest BCUT2D eigenvalue weighted by Crippen LogP contribution is -2.35. The van der Waals surface area contributed by atoms with E-state index in [0.29, 0.717) is 17.7 Å². The number of carbonyl (C=O) groups excluding carboxylic acids is 2. The molecule has 0 radical (unpaired) electrons. The summed E-state index contributed by atoms with van der Waals surface area (Å²) < 4.78 is 0. The van der Waals surface area contributed by atoms with E-state index in [1.807, 2.05) is 13.0 Å². The quantitative estimate of drug-likeness (QED) is 0.849. The number of hydrogen-bond acceptors (Lipinski definition) is 3. The fourth-order valence-electron chi connectivity index (χ4n) is 2.81.